The number of carbonyl (C=O) groups excluding carboxylic acids is 3. The lowest BCUT2D eigenvalue weighted by molar-refractivity contribution is -0.148. The van der Waals surface area contributed by atoms with E-state index >= 15 is 0 Å². The number of nitrogens with one attached hydrogen (secondary N) is 1. The molecule has 0 saturated heterocycles. The maximum atomic E-state index is 12.4. The van der Waals surface area contributed by atoms with Crippen LogP contribution in [0, 0.1) is 0 Å². The number of hydrogen-bond acceptors (Lipinski definition) is 5. The van der Waals surface area contributed by atoms with Crippen LogP contribution < -0.4 is 10.1 Å². The second-order valence-corrected chi connectivity index (χ2v) is 6.31. The third kappa shape index (κ3) is 5.56. The highest BCUT2D eigenvalue weighted by atomic mass is 35.5. The van der Waals surface area contributed by atoms with E-state index < -0.39 is 24.0 Å². The minimum Gasteiger partial charge on any atom is -0.497 e. The molecule has 0 unspecified atom stereocenters. The SMILES string of the molecule is COc1ccc(C(=O)[C@@H](C)OC(=O)[C@H](C)NC(=O)c2ccc(Cl)cc2)cc1. The number of esters is 1. The zero-order chi connectivity index (χ0) is 20.0. The second kappa shape index (κ2) is 9.19. The van der Waals surface area contributed by atoms with E-state index in [1.807, 2.05) is 0 Å². The summed E-state index contributed by atoms with van der Waals surface area (Å²) in [5.74, 6) is -0.867. The number of Topliss-reactive ketones (excluding diaryl/α,β-unsaturated/α-hetero) is 1. The highest BCUT2D eigenvalue weighted by Gasteiger charge is 2.24. The van der Waals surface area contributed by atoms with Crippen LogP contribution in [0.4, 0.5) is 0 Å². The van der Waals surface area contributed by atoms with Gasteiger partial charge in [0.05, 0.1) is 7.11 Å². The molecule has 7 heteroatoms. The normalized spacial score (nSPS) is 12.6. The first kappa shape index (κ1) is 20.5. The molecule has 1 N–H and O–H groups in total. The number of ether oxygens (including phenoxy) is 2. The highest BCUT2D eigenvalue weighted by molar-refractivity contribution is 6.30. The summed E-state index contributed by atoms with van der Waals surface area (Å²) in [5, 5.41) is 3.03. The van der Waals surface area contributed by atoms with Crippen LogP contribution in [0.2, 0.25) is 5.02 Å². The Morgan fingerprint density at radius 2 is 1.48 bits per heavy atom. The molecule has 142 valence electrons. The number of methoxy groups -OCH3 is 1. The van der Waals surface area contributed by atoms with Gasteiger partial charge in [-0.1, -0.05) is 11.6 Å². The Bertz CT molecular complexity index is 817. The average molecular weight is 390 g/mol. The standard InChI is InChI=1S/C20H20ClNO5/c1-12(22-19(24)15-4-8-16(21)9-5-15)20(25)27-13(2)18(23)14-6-10-17(26-3)11-7-14/h4-13H,1-3H3,(H,22,24)/t12-,13+/m0/s1. The van der Waals surface area contributed by atoms with Crippen molar-refractivity contribution in [1.29, 1.82) is 0 Å². The average Bonchev–Trinajstić information content (AvgIpc) is 2.67. The molecule has 0 fully saturated rings. The maximum Gasteiger partial charge on any atom is 0.329 e. The van der Waals surface area contributed by atoms with Crippen molar-refractivity contribution in [2.75, 3.05) is 7.11 Å². The van der Waals surface area contributed by atoms with Gasteiger partial charge in [-0.25, -0.2) is 4.79 Å². The van der Waals surface area contributed by atoms with Crippen LogP contribution in [0.25, 0.3) is 0 Å². The van der Waals surface area contributed by atoms with E-state index in [1.165, 1.54) is 21.0 Å². The van der Waals surface area contributed by atoms with Crippen molar-refractivity contribution >= 4 is 29.3 Å². The first-order valence-electron chi connectivity index (χ1n) is 8.27. The molecule has 0 saturated carbocycles. The van der Waals surface area contributed by atoms with Crippen LogP contribution in [0.15, 0.2) is 48.5 Å². The molecule has 0 radical (unpaired) electrons. The van der Waals surface area contributed by atoms with Crippen LogP contribution in [-0.4, -0.2) is 36.9 Å². The minimum absolute atomic E-state index is 0.345. The molecular formula is C20H20ClNO5. The fraction of sp³-hybridized carbons (Fsp3) is 0.250. The molecule has 27 heavy (non-hydrogen) atoms. The van der Waals surface area contributed by atoms with E-state index in [0.29, 0.717) is 21.9 Å². The zero-order valence-corrected chi connectivity index (χ0v) is 15.9. The Kier molecular flexibility index (Phi) is 6.96. The van der Waals surface area contributed by atoms with Gasteiger partial charge in [-0.2, -0.15) is 0 Å². The topological polar surface area (TPSA) is 81.7 Å². The maximum absolute atomic E-state index is 12.4. The van der Waals surface area contributed by atoms with Gasteiger partial charge < -0.3 is 14.8 Å². The third-order valence-electron chi connectivity index (χ3n) is 3.84. The fourth-order valence-electron chi connectivity index (χ4n) is 2.26. The summed E-state index contributed by atoms with van der Waals surface area (Å²) in [6.45, 7) is 2.97. The van der Waals surface area contributed by atoms with Crippen molar-refractivity contribution in [3.63, 3.8) is 0 Å². The number of hydrogen-bond donors (Lipinski definition) is 1. The summed E-state index contributed by atoms with van der Waals surface area (Å²) in [5.41, 5.74) is 0.760. The predicted molar refractivity (Wildman–Crippen MR) is 101 cm³/mol. The summed E-state index contributed by atoms with van der Waals surface area (Å²) in [6, 6.07) is 11.8. The quantitative estimate of drug-likeness (QED) is 0.580. The first-order valence-corrected chi connectivity index (χ1v) is 8.64. The van der Waals surface area contributed by atoms with Gasteiger partial charge in [-0.3, -0.25) is 9.59 Å². The Balaban J connectivity index is 1.92. The van der Waals surface area contributed by atoms with Crippen molar-refractivity contribution in [1.82, 2.24) is 5.32 Å². The van der Waals surface area contributed by atoms with Crippen LogP contribution in [0.1, 0.15) is 34.6 Å². The summed E-state index contributed by atoms with van der Waals surface area (Å²) in [4.78, 5) is 36.7. The molecule has 2 aromatic rings. The molecule has 0 aliphatic heterocycles. The van der Waals surface area contributed by atoms with E-state index in [4.69, 9.17) is 21.1 Å². The molecule has 2 rings (SSSR count). The van der Waals surface area contributed by atoms with Crippen molar-refractivity contribution < 1.29 is 23.9 Å². The second-order valence-electron chi connectivity index (χ2n) is 5.87. The molecule has 6 nitrogen and oxygen atoms in total. The largest absolute Gasteiger partial charge is 0.497 e. The molecule has 0 heterocycles. The summed E-state index contributed by atoms with van der Waals surface area (Å²) in [6.07, 6.45) is -0.985. The molecule has 0 aliphatic rings. The number of rotatable bonds is 7. The van der Waals surface area contributed by atoms with Gasteiger partial charge in [0, 0.05) is 16.1 Å². The Labute approximate surface area is 162 Å². The number of amides is 1. The predicted octanol–water partition coefficient (Wildman–Crippen LogP) is 3.28. The van der Waals surface area contributed by atoms with E-state index in [2.05, 4.69) is 5.32 Å². The lowest BCUT2D eigenvalue weighted by atomic mass is 10.1. The lowest BCUT2D eigenvalue weighted by Gasteiger charge is -2.17. The Morgan fingerprint density at radius 3 is 2.04 bits per heavy atom. The molecule has 1 amide bonds. The minimum atomic E-state index is -0.985. The molecule has 2 atom stereocenters. The van der Waals surface area contributed by atoms with Gasteiger partial charge in [0.1, 0.15) is 11.8 Å². The zero-order valence-electron chi connectivity index (χ0n) is 15.2. The number of benzene rings is 2. The molecule has 0 aromatic heterocycles. The van der Waals surface area contributed by atoms with E-state index in [1.54, 1.807) is 48.5 Å². The third-order valence-corrected chi connectivity index (χ3v) is 4.10. The van der Waals surface area contributed by atoms with Crippen molar-refractivity contribution in [2.24, 2.45) is 0 Å². The lowest BCUT2D eigenvalue weighted by Crippen LogP contribution is -2.41. The van der Waals surface area contributed by atoms with E-state index in [9.17, 15) is 14.4 Å². The van der Waals surface area contributed by atoms with E-state index in [-0.39, 0.29) is 5.78 Å². The molecular weight excluding hydrogens is 370 g/mol. The van der Waals surface area contributed by atoms with Gasteiger partial charge in [0.15, 0.2) is 6.10 Å². The van der Waals surface area contributed by atoms with Gasteiger partial charge in [0.25, 0.3) is 5.91 Å². The smallest absolute Gasteiger partial charge is 0.329 e. The van der Waals surface area contributed by atoms with Crippen molar-refractivity contribution in [2.45, 2.75) is 26.0 Å². The van der Waals surface area contributed by atoms with Gasteiger partial charge >= 0.3 is 5.97 Å². The van der Waals surface area contributed by atoms with Crippen LogP contribution in [0.3, 0.4) is 0 Å². The van der Waals surface area contributed by atoms with Crippen LogP contribution in [-0.2, 0) is 9.53 Å². The van der Waals surface area contributed by atoms with Gasteiger partial charge in [-0.15, -0.1) is 0 Å². The molecule has 2 aromatic carbocycles. The molecule has 0 bridgehead atoms. The molecule has 0 aliphatic carbocycles. The monoisotopic (exact) mass is 389 g/mol. The van der Waals surface area contributed by atoms with Gasteiger partial charge in [0.2, 0.25) is 5.78 Å². The van der Waals surface area contributed by atoms with Crippen LogP contribution in [0.5, 0.6) is 5.75 Å². The van der Waals surface area contributed by atoms with Crippen LogP contribution >= 0.6 is 11.6 Å². The van der Waals surface area contributed by atoms with Crippen molar-refractivity contribution in [3.8, 4) is 5.75 Å². The van der Waals surface area contributed by atoms with Gasteiger partial charge in [-0.05, 0) is 62.4 Å². The Hall–Kier alpha value is -2.86. The summed E-state index contributed by atoms with van der Waals surface area (Å²) in [7, 11) is 1.53. The summed E-state index contributed by atoms with van der Waals surface area (Å²) >= 11 is 5.78. The Morgan fingerprint density at radius 1 is 0.926 bits per heavy atom. The van der Waals surface area contributed by atoms with E-state index in [0.717, 1.165) is 0 Å². The summed E-state index contributed by atoms with van der Waals surface area (Å²) < 4.78 is 10.2. The highest BCUT2D eigenvalue weighted by Crippen LogP contribution is 2.14. The van der Waals surface area contributed by atoms with Crippen molar-refractivity contribution in [3.05, 3.63) is 64.7 Å². The fourth-order valence-corrected chi connectivity index (χ4v) is 2.39. The number of halogens is 1. The first-order chi connectivity index (χ1) is 12.8. The number of ketones is 1. The number of carbonyl (C=O) groups is 3. The molecule has 0 spiro atoms.